The number of hydrogen-bond donors (Lipinski definition) is 1. The van der Waals surface area contributed by atoms with E-state index < -0.39 is 15.8 Å². The summed E-state index contributed by atoms with van der Waals surface area (Å²) in [5.41, 5.74) is 4.15. The molecule has 3 aromatic heterocycles. The third-order valence-corrected chi connectivity index (χ3v) is 8.41. The van der Waals surface area contributed by atoms with Crippen LogP contribution in [0.15, 0.2) is 61.2 Å². The number of para-hydroxylation sites is 1. The van der Waals surface area contributed by atoms with E-state index in [4.69, 9.17) is 4.98 Å². The van der Waals surface area contributed by atoms with E-state index >= 15 is 0 Å². The first-order chi connectivity index (χ1) is 14.2. The fourth-order valence-corrected chi connectivity index (χ4v) is 6.30. The maximum absolute atomic E-state index is 14.0. The summed E-state index contributed by atoms with van der Waals surface area (Å²) in [7, 11) is 0. The van der Waals surface area contributed by atoms with Crippen molar-refractivity contribution in [2.75, 3.05) is 0 Å². The van der Waals surface area contributed by atoms with E-state index in [2.05, 4.69) is 31.4 Å². The second-order valence-electron chi connectivity index (χ2n) is 6.70. The van der Waals surface area contributed by atoms with E-state index in [0.717, 1.165) is 39.0 Å². The normalized spacial score (nSPS) is 13.0. The first kappa shape index (κ1) is 18.0. The standard InChI is InChI=1S/C21H18AsFN6/c1-2-15(22-19-18-20(26-11-24-18)27-12-25-19)21-28-16-9-8-13(23)10-17(16)29(21)14-6-4-3-5-7-14/h3-12,15,22H,2H2,1H3,(H,24,25,26,27)/t15-/m0/s1. The molecule has 0 saturated carbocycles. The van der Waals surface area contributed by atoms with E-state index in [0.29, 0.717) is 5.65 Å². The van der Waals surface area contributed by atoms with Gasteiger partial charge in [0.05, 0.1) is 0 Å². The fraction of sp³-hybridized carbons (Fsp3) is 0.143. The van der Waals surface area contributed by atoms with Crippen LogP contribution in [0.1, 0.15) is 23.9 Å². The number of halogens is 1. The van der Waals surface area contributed by atoms with E-state index in [-0.39, 0.29) is 10.5 Å². The van der Waals surface area contributed by atoms with Gasteiger partial charge in [-0.05, 0) is 0 Å². The van der Waals surface area contributed by atoms with Gasteiger partial charge in [-0.2, -0.15) is 0 Å². The van der Waals surface area contributed by atoms with Gasteiger partial charge in [0.25, 0.3) is 0 Å². The molecule has 0 bridgehead atoms. The van der Waals surface area contributed by atoms with Gasteiger partial charge in [-0.1, -0.05) is 0 Å². The van der Waals surface area contributed by atoms with Crippen molar-refractivity contribution in [1.29, 1.82) is 0 Å². The third kappa shape index (κ3) is 3.21. The van der Waals surface area contributed by atoms with Crippen molar-refractivity contribution in [3.05, 3.63) is 72.8 Å². The first-order valence-electron chi connectivity index (χ1n) is 9.38. The summed E-state index contributed by atoms with van der Waals surface area (Å²) in [4.78, 5) is 21.1. The van der Waals surface area contributed by atoms with Crippen molar-refractivity contribution >= 4 is 42.4 Å². The summed E-state index contributed by atoms with van der Waals surface area (Å²) in [6.07, 6.45) is 4.14. The quantitative estimate of drug-likeness (QED) is 0.420. The van der Waals surface area contributed by atoms with Crippen molar-refractivity contribution in [2.24, 2.45) is 0 Å². The molecule has 0 aliphatic heterocycles. The Morgan fingerprint density at radius 1 is 1.10 bits per heavy atom. The van der Waals surface area contributed by atoms with E-state index in [1.165, 1.54) is 6.07 Å². The number of nitrogens with one attached hydrogen (secondary N) is 1. The number of nitrogens with zero attached hydrogens (tertiary/aromatic N) is 5. The van der Waals surface area contributed by atoms with Crippen LogP contribution in [0, 0.1) is 5.82 Å². The third-order valence-electron chi connectivity index (χ3n) is 4.91. The van der Waals surface area contributed by atoms with Crippen LogP contribution in [0.5, 0.6) is 0 Å². The monoisotopic (exact) mass is 448 g/mol. The summed E-state index contributed by atoms with van der Waals surface area (Å²) >= 11 is -0.715. The zero-order chi connectivity index (χ0) is 19.8. The zero-order valence-electron chi connectivity index (χ0n) is 15.7. The Hall–Kier alpha value is -3.05. The summed E-state index contributed by atoms with van der Waals surface area (Å²) in [5.74, 6) is 0.686. The molecule has 0 fully saturated rings. The Morgan fingerprint density at radius 3 is 2.79 bits per heavy atom. The van der Waals surface area contributed by atoms with Crippen LogP contribution >= 0.6 is 0 Å². The Labute approximate surface area is 172 Å². The van der Waals surface area contributed by atoms with E-state index in [1.54, 1.807) is 24.8 Å². The Balaban J connectivity index is 1.67. The van der Waals surface area contributed by atoms with Crippen LogP contribution in [0.4, 0.5) is 4.39 Å². The average Bonchev–Trinajstić information content (AvgIpc) is 3.37. The van der Waals surface area contributed by atoms with Gasteiger partial charge in [-0.15, -0.1) is 0 Å². The Morgan fingerprint density at radius 2 is 1.97 bits per heavy atom. The molecule has 6 nitrogen and oxygen atoms in total. The van der Waals surface area contributed by atoms with Gasteiger partial charge in [0.1, 0.15) is 0 Å². The predicted molar refractivity (Wildman–Crippen MR) is 113 cm³/mol. The predicted octanol–water partition coefficient (Wildman–Crippen LogP) is 3.04. The summed E-state index contributed by atoms with van der Waals surface area (Å²) < 4.78 is 17.4. The minimum atomic E-state index is -0.715. The molecule has 2 aromatic carbocycles. The van der Waals surface area contributed by atoms with Gasteiger partial charge in [-0.3, -0.25) is 0 Å². The van der Waals surface area contributed by atoms with Gasteiger partial charge in [-0.25, -0.2) is 0 Å². The molecule has 29 heavy (non-hydrogen) atoms. The molecule has 5 aromatic rings. The maximum atomic E-state index is 14.0. The molecule has 0 amide bonds. The van der Waals surface area contributed by atoms with Gasteiger partial charge < -0.3 is 0 Å². The van der Waals surface area contributed by atoms with E-state index in [9.17, 15) is 4.39 Å². The second kappa shape index (κ2) is 7.41. The molecule has 5 rings (SSSR count). The van der Waals surface area contributed by atoms with Gasteiger partial charge in [0.15, 0.2) is 0 Å². The number of fused-ring (bicyclic) bond motifs is 2. The molecule has 0 aliphatic carbocycles. The van der Waals surface area contributed by atoms with Crippen LogP contribution in [0.25, 0.3) is 27.9 Å². The van der Waals surface area contributed by atoms with Crippen LogP contribution < -0.4 is 4.48 Å². The fourth-order valence-electron chi connectivity index (χ4n) is 3.54. The number of rotatable bonds is 5. The van der Waals surface area contributed by atoms with Crippen LogP contribution in [-0.2, 0) is 0 Å². The summed E-state index contributed by atoms with van der Waals surface area (Å²) in [5, 5.41) is 0. The number of H-pyrrole nitrogens is 1. The molecule has 144 valence electrons. The van der Waals surface area contributed by atoms with Crippen LogP contribution in [0.3, 0.4) is 0 Å². The minimum absolute atomic E-state index is 0.215. The molecule has 1 N–H and O–H groups in total. The summed E-state index contributed by atoms with van der Waals surface area (Å²) in [6.45, 7) is 2.16. The van der Waals surface area contributed by atoms with Gasteiger partial charge >= 0.3 is 173 Å². The topological polar surface area (TPSA) is 72.3 Å². The van der Waals surface area contributed by atoms with Crippen LogP contribution in [-0.4, -0.2) is 45.2 Å². The average molecular weight is 448 g/mol. The number of imidazole rings is 2. The Bertz CT molecular complexity index is 1300. The number of aromatic amines is 1. The number of aromatic nitrogens is 6. The molecule has 2 atom stereocenters. The molecule has 3 heterocycles. The van der Waals surface area contributed by atoms with Crippen molar-refractivity contribution in [1.82, 2.24) is 29.5 Å². The molecule has 0 saturated heterocycles. The second-order valence-corrected chi connectivity index (χ2v) is 9.76. The first-order valence-corrected chi connectivity index (χ1v) is 11.6. The molecule has 0 spiro atoms. The molecular weight excluding hydrogens is 430 g/mol. The molecular formula is C21H18AsFN6. The van der Waals surface area contributed by atoms with Crippen molar-refractivity contribution in [2.45, 2.75) is 18.1 Å². The molecule has 1 unspecified atom stereocenters. The van der Waals surface area contributed by atoms with Gasteiger partial charge in [0, 0.05) is 0 Å². The number of hydrogen-bond acceptors (Lipinski definition) is 4. The number of benzene rings is 2. The SMILES string of the molecule is CC[C@H]([AsH]c1ncnc2nc[nH]c12)c1nc2ccc(F)cc2n1-c1ccccc1. The van der Waals surface area contributed by atoms with Crippen molar-refractivity contribution in [3.8, 4) is 5.69 Å². The van der Waals surface area contributed by atoms with Crippen LogP contribution in [0.2, 0.25) is 0 Å². The van der Waals surface area contributed by atoms with Gasteiger partial charge in [0.2, 0.25) is 0 Å². The van der Waals surface area contributed by atoms with Crippen molar-refractivity contribution in [3.63, 3.8) is 0 Å². The molecule has 8 heteroatoms. The van der Waals surface area contributed by atoms with Crippen molar-refractivity contribution < 1.29 is 4.39 Å². The zero-order valence-corrected chi connectivity index (χ0v) is 17.8. The summed E-state index contributed by atoms with van der Waals surface area (Å²) in [6, 6.07) is 14.8. The Kier molecular flexibility index (Phi) is 4.60. The molecule has 0 radical (unpaired) electrons. The van der Waals surface area contributed by atoms with E-state index in [1.807, 2.05) is 30.3 Å². The molecule has 0 aliphatic rings.